The van der Waals surface area contributed by atoms with Crippen LogP contribution in [-0.4, -0.2) is 23.4 Å². The van der Waals surface area contributed by atoms with E-state index in [0.717, 1.165) is 23.4 Å². The maximum atomic E-state index is 4.79. The summed E-state index contributed by atoms with van der Waals surface area (Å²) in [6.07, 6.45) is 6.29. The van der Waals surface area contributed by atoms with Gasteiger partial charge in [-0.05, 0) is 66.6 Å². The van der Waals surface area contributed by atoms with Crippen LogP contribution in [0.4, 0.5) is 0 Å². The van der Waals surface area contributed by atoms with E-state index in [-0.39, 0.29) is 0 Å². The molecule has 1 aromatic heterocycles. The largest absolute Gasteiger partial charge is 0.317 e. The average Bonchev–Trinajstić information content (AvgIpc) is 2.89. The maximum absolute atomic E-state index is 4.79. The highest BCUT2D eigenvalue weighted by atomic mass is 16.6. The van der Waals surface area contributed by atoms with Crippen LogP contribution in [-0.2, 0) is 6.42 Å². The van der Waals surface area contributed by atoms with Gasteiger partial charge in [0.15, 0.2) is 0 Å². The third-order valence-corrected chi connectivity index (χ3v) is 3.89. The molecule has 1 saturated heterocycles. The Morgan fingerprint density at radius 2 is 2.11 bits per heavy atom. The molecule has 0 saturated carbocycles. The smallest absolute Gasteiger partial charge is 0.138 e. The summed E-state index contributed by atoms with van der Waals surface area (Å²) >= 11 is 0. The zero-order valence-electron chi connectivity index (χ0n) is 10.6. The first-order valence-electron chi connectivity index (χ1n) is 6.84. The molecule has 0 bridgehead atoms. The molecule has 4 nitrogen and oxygen atoms in total. The molecule has 1 fully saturated rings. The fourth-order valence-corrected chi connectivity index (χ4v) is 2.82. The Labute approximate surface area is 107 Å². The van der Waals surface area contributed by atoms with E-state index in [1.165, 1.54) is 44.3 Å². The van der Waals surface area contributed by atoms with E-state index in [2.05, 4.69) is 21.7 Å². The van der Waals surface area contributed by atoms with Gasteiger partial charge < -0.3 is 5.32 Å². The number of aromatic nitrogens is 2. The van der Waals surface area contributed by atoms with Crippen LogP contribution in [0.2, 0.25) is 0 Å². The lowest BCUT2D eigenvalue weighted by atomic mass is 9.91. The molecular formula is C14H19N3O. The van der Waals surface area contributed by atoms with E-state index in [4.69, 9.17) is 4.63 Å². The van der Waals surface area contributed by atoms with Gasteiger partial charge in [0.1, 0.15) is 11.0 Å². The molecule has 0 radical (unpaired) electrons. The van der Waals surface area contributed by atoms with Crippen LogP contribution in [0.1, 0.15) is 31.2 Å². The number of fused-ring (bicyclic) bond motifs is 1. The highest BCUT2D eigenvalue weighted by Gasteiger charge is 2.13. The molecule has 2 aromatic rings. The lowest BCUT2D eigenvalue weighted by Crippen LogP contribution is -2.27. The summed E-state index contributed by atoms with van der Waals surface area (Å²) in [6.45, 7) is 2.38. The normalized spacial score (nSPS) is 17.3. The number of hydrogen-bond donors (Lipinski definition) is 1. The molecule has 0 unspecified atom stereocenters. The zero-order valence-corrected chi connectivity index (χ0v) is 10.6. The molecule has 0 amide bonds. The fourth-order valence-electron chi connectivity index (χ4n) is 2.82. The van der Waals surface area contributed by atoms with Crippen LogP contribution in [0.5, 0.6) is 0 Å². The minimum absolute atomic E-state index is 0.870. The summed E-state index contributed by atoms with van der Waals surface area (Å²) < 4.78 is 4.79. The fraction of sp³-hybridized carbons (Fsp3) is 0.571. The van der Waals surface area contributed by atoms with Crippen LogP contribution in [0.15, 0.2) is 22.8 Å². The number of piperidine rings is 1. The van der Waals surface area contributed by atoms with Crippen LogP contribution in [0, 0.1) is 5.92 Å². The third kappa shape index (κ3) is 2.53. The number of nitrogens with zero attached hydrogens (tertiary/aromatic N) is 2. The van der Waals surface area contributed by atoms with E-state index < -0.39 is 0 Å². The summed E-state index contributed by atoms with van der Waals surface area (Å²) in [4.78, 5) is 0. The van der Waals surface area contributed by atoms with Gasteiger partial charge in [0.25, 0.3) is 0 Å². The third-order valence-electron chi connectivity index (χ3n) is 3.89. The topological polar surface area (TPSA) is 51.0 Å². The summed E-state index contributed by atoms with van der Waals surface area (Å²) in [5.74, 6) is 0.904. The predicted octanol–water partition coefficient (Wildman–Crippen LogP) is 2.55. The van der Waals surface area contributed by atoms with Crippen molar-refractivity contribution in [2.45, 2.75) is 32.1 Å². The van der Waals surface area contributed by atoms with Gasteiger partial charge in [-0.1, -0.05) is 18.6 Å². The molecule has 1 aliphatic heterocycles. The minimum Gasteiger partial charge on any atom is -0.317 e. The van der Waals surface area contributed by atoms with Crippen molar-refractivity contribution in [2.24, 2.45) is 5.92 Å². The molecule has 18 heavy (non-hydrogen) atoms. The van der Waals surface area contributed by atoms with Crippen molar-refractivity contribution in [3.05, 3.63) is 23.8 Å². The standard InChI is InChI=1S/C14H19N3O/c1(3-11-7-9-15-10-8-11)4-12-5-2-6-13-14(12)17-18-16-13/h2,5-6,11,15H,1,3-4,7-10H2. The lowest BCUT2D eigenvalue weighted by molar-refractivity contribution is 0.315. The first-order chi connectivity index (χ1) is 8.93. The Balaban J connectivity index is 1.57. The van der Waals surface area contributed by atoms with Crippen LogP contribution in [0.3, 0.4) is 0 Å². The molecule has 0 spiro atoms. The molecule has 1 N–H and O–H groups in total. The zero-order chi connectivity index (χ0) is 12.2. The van der Waals surface area contributed by atoms with E-state index in [0.29, 0.717) is 0 Å². The van der Waals surface area contributed by atoms with E-state index in [9.17, 15) is 0 Å². The lowest BCUT2D eigenvalue weighted by Gasteiger charge is -2.22. The molecule has 3 rings (SSSR count). The average molecular weight is 245 g/mol. The van der Waals surface area contributed by atoms with E-state index in [1.807, 2.05) is 12.1 Å². The van der Waals surface area contributed by atoms with Gasteiger partial charge >= 0.3 is 0 Å². The molecule has 0 atom stereocenters. The molecule has 2 heterocycles. The van der Waals surface area contributed by atoms with Gasteiger partial charge in [0.05, 0.1) is 0 Å². The summed E-state index contributed by atoms with van der Waals surface area (Å²) in [5, 5.41) is 11.3. The van der Waals surface area contributed by atoms with Crippen molar-refractivity contribution < 1.29 is 4.63 Å². The Kier molecular flexibility index (Phi) is 3.55. The van der Waals surface area contributed by atoms with Gasteiger partial charge in [-0.3, -0.25) is 0 Å². The van der Waals surface area contributed by atoms with E-state index >= 15 is 0 Å². The molecule has 4 heteroatoms. The van der Waals surface area contributed by atoms with Crippen molar-refractivity contribution in [1.29, 1.82) is 0 Å². The Bertz CT molecular complexity index is 502. The number of benzene rings is 1. The molecule has 1 aromatic carbocycles. The second-order valence-corrected chi connectivity index (χ2v) is 5.13. The number of aryl methyl sites for hydroxylation is 1. The highest BCUT2D eigenvalue weighted by Crippen LogP contribution is 2.21. The van der Waals surface area contributed by atoms with Gasteiger partial charge in [0.2, 0.25) is 0 Å². The second-order valence-electron chi connectivity index (χ2n) is 5.13. The maximum Gasteiger partial charge on any atom is 0.138 e. The quantitative estimate of drug-likeness (QED) is 0.899. The first-order valence-corrected chi connectivity index (χ1v) is 6.84. The minimum atomic E-state index is 0.870. The number of hydrogen-bond acceptors (Lipinski definition) is 4. The van der Waals surface area contributed by atoms with Crippen molar-refractivity contribution in [3.63, 3.8) is 0 Å². The van der Waals surface area contributed by atoms with Gasteiger partial charge in [-0.2, -0.15) is 0 Å². The highest BCUT2D eigenvalue weighted by molar-refractivity contribution is 5.76. The monoisotopic (exact) mass is 245 g/mol. The molecular weight excluding hydrogens is 226 g/mol. The van der Waals surface area contributed by atoms with Crippen molar-refractivity contribution in [1.82, 2.24) is 15.6 Å². The number of rotatable bonds is 4. The second kappa shape index (κ2) is 5.48. The predicted molar refractivity (Wildman–Crippen MR) is 70.3 cm³/mol. The Morgan fingerprint density at radius 3 is 3.00 bits per heavy atom. The van der Waals surface area contributed by atoms with E-state index in [1.54, 1.807) is 0 Å². The van der Waals surface area contributed by atoms with Crippen molar-refractivity contribution in [2.75, 3.05) is 13.1 Å². The van der Waals surface area contributed by atoms with Gasteiger partial charge in [0, 0.05) is 0 Å². The van der Waals surface area contributed by atoms with Crippen LogP contribution < -0.4 is 5.32 Å². The Hall–Kier alpha value is -1.42. The molecule has 1 aliphatic rings. The van der Waals surface area contributed by atoms with Crippen LogP contribution in [0.25, 0.3) is 11.0 Å². The first kappa shape index (κ1) is 11.7. The molecule has 96 valence electrons. The number of nitrogens with one attached hydrogen (secondary N) is 1. The summed E-state index contributed by atoms with van der Waals surface area (Å²) in [5.41, 5.74) is 3.07. The summed E-state index contributed by atoms with van der Waals surface area (Å²) in [6, 6.07) is 6.11. The van der Waals surface area contributed by atoms with Crippen molar-refractivity contribution in [3.8, 4) is 0 Å². The van der Waals surface area contributed by atoms with Gasteiger partial charge in [-0.25, -0.2) is 4.63 Å². The van der Waals surface area contributed by atoms with Crippen LogP contribution >= 0.6 is 0 Å². The van der Waals surface area contributed by atoms with Crippen molar-refractivity contribution >= 4 is 11.0 Å². The SMILES string of the molecule is c1cc(CCCC2CCNCC2)c2nonc2c1. The summed E-state index contributed by atoms with van der Waals surface area (Å²) in [7, 11) is 0. The Morgan fingerprint density at radius 1 is 1.22 bits per heavy atom. The van der Waals surface area contributed by atoms with Gasteiger partial charge in [-0.15, -0.1) is 0 Å². The molecule has 0 aliphatic carbocycles.